The number of benzene rings is 1. The fourth-order valence-corrected chi connectivity index (χ4v) is 2.69. The number of hydrogen-bond acceptors (Lipinski definition) is 1. The number of aryl methyl sites for hydroxylation is 1. The number of ether oxygens (including phenoxy) is 1. The molecular weight excluding hydrogens is 252 g/mol. The van der Waals surface area contributed by atoms with Crippen molar-refractivity contribution in [1.82, 2.24) is 0 Å². The maximum absolute atomic E-state index is 5.64. The molecule has 0 N–H and O–H groups in total. The summed E-state index contributed by atoms with van der Waals surface area (Å²) in [6.07, 6.45) is 3.98. The smallest absolute Gasteiger partial charge is 0.0589 e. The Morgan fingerprint density at radius 1 is 1.40 bits per heavy atom. The van der Waals surface area contributed by atoms with Gasteiger partial charge in [0.1, 0.15) is 0 Å². The van der Waals surface area contributed by atoms with Gasteiger partial charge in [-0.15, -0.1) is 0 Å². The molecule has 2 rings (SSSR count). The molecule has 1 aromatic carbocycles. The van der Waals surface area contributed by atoms with E-state index in [2.05, 4.69) is 47.1 Å². The standard InChI is InChI=1S/C13H17BrO/c1-10-4-6-11(7-5-10)13(14)9-12-3-2-8-15-12/h4-7,12-13H,2-3,8-9H2,1H3. The third-order valence-electron chi connectivity index (χ3n) is 2.93. The van der Waals surface area contributed by atoms with Crippen LogP contribution >= 0.6 is 15.9 Å². The largest absolute Gasteiger partial charge is 0.378 e. The molecule has 0 bridgehead atoms. The molecule has 0 radical (unpaired) electrons. The molecule has 2 heteroatoms. The average Bonchev–Trinajstić information content (AvgIpc) is 2.71. The summed E-state index contributed by atoms with van der Waals surface area (Å²) in [5, 5.41) is 0. The van der Waals surface area contributed by atoms with Crippen LogP contribution in [0.2, 0.25) is 0 Å². The van der Waals surface area contributed by atoms with Crippen LogP contribution in [0.1, 0.15) is 35.2 Å². The Balaban J connectivity index is 1.94. The Hall–Kier alpha value is -0.340. The van der Waals surface area contributed by atoms with E-state index in [4.69, 9.17) is 4.74 Å². The number of halogens is 1. The van der Waals surface area contributed by atoms with E-state index >= 15 is 0 Å². The van der Waals surface area contributed by atoms with Crippen molar-refractivity contribution in [2.75, 3.05) is 6.61 Å². The maximum Gasteiger partial charge on any atom is 0.0589 e. The van der Waals surface area contributed by atoms with Gasteiger partial charge in [0.05, 0.1) is 6.10 Å². The van der Waals surface area contributed by atoms with Crippen LogP contribution < -0.4 is 0 Å². The molecule has 0 saturated carbocycles. The van der Waals surface area contributed by atoms with E-state index in [-0.39, 0.29) is 0 Å². The minimum Gasteiger partial charge on any atom is -0.378 e. The lowest BCUT2D eigenvalue weighted by Gasteiger charge is -2.15. The van der Waals surface area contributed by atoms with E-state index in [1.807, 2.05) is 0 Å². The minimum absolute atomic E-state index is 0.432. The van der Waals surface area contributed by atoms with Gasteiger partial charge in [-0.25, -0.2) is 0 Å². The molecule has 2 unspecified atom stereocenters. The average molecular weight is 269 g/mol. The van der Waals surface area contributed by atoms with Gasteiger partial charge in [-0.3, -0.25) is 0 Å². The molecule has 2 atom stereocenters. The molecule has 0 aromatic heterocycles. The summed E-state index contributed by atoms with van der Waals surface area (Å²) in [6, 6.07) is 8.73. The van der Waals surface area contributed by atoms with Crippen LogP contribution in [-0.2, 0) is 4.74 Å². The van der Waals surface area contributed by atoms with Crippen LogP contribution in [0.15, 0.2) is 24.3 Å². The van der Waals surface area contributed by atoms with Crippen molar-refractivity contribution >= 4 is 15.9 Å². The summed E-state index contributed by atoms with van der Waals surface area (Å²) in [5.41, 5.74) is 2.67. The van der Waals surface area contributed by atoms with E-state index < -0.39 is 0 Å². The molecule has 15 heavy (non-hydrogen) atoms. The zero-order chi connectivity index (χ0) is 10.7. The molecule has 82 valence electrons. The Morgan fingerprint density at radius 2 is 2.13 bits per heavy atom. The van der Waals surface area contributed by atoms with Gasteiger partial charge in [0, 0.05) is 11.4 Å². The van der Waals surface area contributed by atoms with Crippen molar-refractivity contribution in [3.8, 4) is 0 Å². The molecule has 1 aliphatic rings. The van der Waals surface area contributed by atoms with Crippen molar-refractivity contribution in [1.29, 1.82) is 0 Å². The van der Waals surface area contributed by atoms with Crippen molar-refractivity contribution in [2.45, 2.75) is 37.1 Å². The molecule has 0 spiro atoms. The fourth-order valence-electron chi connectivity index (χ4n) is 1.97. The van der Waals surface area contributed by atoms with Crippen LogP contribution in [0, 0.1) is 6.92 Å². The van der Waals surface area contributed by atoms with Gasteiger partial charge in [0.15, 0.2) is 0 Å². The van der Waals surface area contributed by atoms with E-state index in [9.17, 15) is 0 Å². The lowest BCUT2D eigenvalue weighted by Crippen LogP contribution is -2.07. The number of hydrogen-bond donors (Lipinski definition) is 0. The van der Waals surface area contributed by atoms with Gasteiger partial charge in [-0.05, 0) is 31.7 Å². The van der Waals surface area contributed by atoms with Crippen molar-refractivity contribution in [2.24, 2.45) is 0 Å². The van der Waals surface area contributed by atoms with E-state index in [0.29, 0.717) is 10.9 Å². The second kappa shape index (κ2) is 5.13. The Kier molecular flexibility index (Phi) is 3.81. The Labute approximate surface area is 100.0 Å². The van der Waals surface area contributed by atoms with E-state index in [1.54, 1.807) is 0 Å². The van der Waals surface area contributed by atoms with E-state index in [1.165, 1.54) is 24.0 Å². The number of alkyl halides is 1. The van der Waals surface area contributed by atoms with Crippen LogP contribution in [0.3, 0.4) is 0 Å². The van der Waals surface area contributed by atoms with Gasteiger partial charge >= 0.3 is 0 Å². The fraction of sp³-hybridized carbons (Fsp3) is 0.538. The number of rotatable bonds is 3. The van der Waals surface area contributed by atoms with Crippen LogP contribution in [0.5, 0.6) is 0 Å². The first-order valence-corrected chi connectivity index (χ1v) is 6.49. The minimum atomic E-state index is 0.432. The van der Waals surface area contributed by atoms with Gasteiger partial charge in [0.2, 0.25) is 0 Å². The monoisotopic (exact) mass is 268 g/mol. The lowest BCUT2D eigenvalue weighted by molar-refractivity contribution is 0.104. The highest BCUT2D eigenvalue weighted by Crippen LogP contribution is 2.31. The highest BCUT2D eigenvalue weighted by molar-refractivity contribution is 9.09. The van der Waals surface area contributed by atoms with Crippen LogP contribution in [-0.4, -0.2) is 12.7 Å². The predicted molar refractivity (Wildman–Crippen MR) is 66.4 cm³/mol. The van der Waals surface area contributed by atoms with Gasteiger partial charge in [0.25, 0.3) is 0 Å². The molecule has 1 saturated heterocycles. The zero-order valence-corrected chi connectivity index (χ0v) is 10.7. The second-order valence-electron chi connectivity index (χ2n) is 4.25. The van der Waals surface area contributed by atoms with Crippen LogP contribution in [0.25, 0.3) is 0 Å². The van der Waals surface area contributed by atoms with Crippen molar-refractivity contribution < 1.29 is 4.74 Å². The van der Waals surface area contributed by atoms with Gasteiger partial charge in [-0.2, -0.15) is 0 Å². The predicted octanol–water partition coefficient (Wildman–Crippen LogP) is 4.00. The first-order valence-electron chi connectivity index (χ1n) is 5.58. The quantitative estimate of drug-likeness (QED) is 0.753. The summed E-state index contributed by atoms with van der Waals surface area (Å²) in [7, 11) is 0. The molecule has 1 aromatic rings. The van der Waals surface area contributed by atoms with Crippen molar-refractivity contribution in [3.05, 3.63) is 35.4 Å². The topological polar surface area (TPSA) is 9.23 Å². The summed E-state index contributed by atoms with van der Waals surface area (Å²) < 4.78 is 5.64. The summed E-state index contributed by atoms with van der Waals surface area (Å²) >= 11 is 3.74. The Bertz CT molecular complexity index is 301. The molecular formula is C13H17BrO. The summed E-state index contributed by atoms with van der Waals surface area (Å²) in [6.45, 7) is 3.06. The SMILES string of the molecule is Cc1ccc(C(Br)CC2CCCO2)cc1. The van der Waals surface area contributed by atoms with Crippen LogP contribution in [0.4, 0.5) is 0 Å². The normalized spacial score (nSPS) is 22.9. The first kappa shape index (κ1) is 11.2. The molecule has 1 nitrogen and oxygen atoms in total. The highest BCUT2D eigenvalue weighted by atomic mass is 79.9. The molecule has 0 aliphatic carbocycles. The molecule has 1 heterocycles. The van der Waals surface area contributed by atoms with E-state index in [0.717, 1.165) is 13.0 Å². The first-order chi connectivity index (χ1) is 7.25. The Morgan fingerprint density at radius 3 is 2.73 bits per heavy atom. The third kappa shape index (κ3) is 3.05. The lowest BCUT2D eigenvalue weighted by atomic mass is 10.0. The summed E-state index contributed by atoms with van der Waals surface area (Å²) in [4.78, 5) is 0.432. The maximum atomic E-state index is 5.64. The zero-order valence-electron chi connectivity index (χ0n) is 9.08. The second-order valence-corrected chi connectivity index (χ2v) is 5.35. The van der Waals surface area contributed by atoms with Crippen molar-refractivity contribution in [3.63, 3.8) is 0 Å². The van der Waals surface area contributed by atoms with Gasteiger partial charge < -0.3 is 4.74 Å². The summed E-state index contributed by atoms with van der Waals surface area (Å²) in [5.74, 6) is 0. The van der Waals surface area contributed by atoms with Gasteiger partial charge in [-0.1, -0.05) is 45.8 Å². The molecule has 0 amide bonds. The highest BCUT2D eigenvalue weighted by Gasteiger charge is 2.19. The molecule has 1 fully saturated rings. The molecule has 1 aliphatic heterocycles. The third-order valence-corrected chi connectivity index (χ3v) is 3.84.